The molecule has 1 saturated carbocycles. The number of amides is 1. The maximum absolute atomic E-state index is 13.4. The summed E-state index contributed by atoms with van der Waals surface area (Å²) in [4.78, 5) is 26.7. The van der Waals surface area contributed by atoms with Gasteiger partial charge in [-0.05, 0) is 42.8 Å². The molecule has 0 bridgehead atoms. The summed E-state index contributed by atoms with van der Waals surface area (Å²) in [5, 5.41) is 23.4. The highest BCUT2D eigenvalue weighted by molar-refractivity contribution is 5.98. The van der Waals surface area contributed by atoms with Gasteiger partial charge >= 0.3 is 0 Å². The number of aliphatic hydroxyl groups excluding tert-OH is 2. The lowest BCUT2D eigenvalue weighted by molar-refractivity contribution is 0.0849. The van der Waals surface area contributed by atoms with Crippen LogP contribution in [0.1, 0.15) is 75.1 Å². The summed E-state index contributed by atoms with van der Waals surface area (Å²) in [6.45, 7) is 2.64. The van der Waals surface area contributed by atoms with Crippen molar-refractivity contribution in [3.63, 3.8) is 0 Å². The number of nitrogens with zero attached hydrogens (tertiary/aromatic N) is 1. The van der Waals surface area contributed by atoms with E-state index >= 15 is 0 Å². The molecule has 0 spiro atoms. The average Bonchev–Trinajstić information content (AvgIpc) is 2.82. The van der Waals surface area contributed by atoms with E-state index in [2.05, 4.69) is 12.2 Å². The van der Waals surface area contributed by atoms with Crippen LogP contribution in [0.15, 0.2) is 41.1 Å². The summed E-state index contributed by atoms with van der Waals surface area (Å²) in [5.41, 5.74) is -0.642. The number of ether oxygens (including phenoxy) is 1. The molecule has 1 fully saturated rings. The molecule has 1 heterocycles. The Kier molecular flexibility index (Phi) is 7.83. The molecule has 1 aromatic heterocycles. The zero-order valence-corrected chi connectivity index (χ0v) is 19.0. The molecular weight excluding hydrogens is 408 g/mol. The van der Waals surface area contributed by atoms with Crippen LogP contribution in [0.5, 0.6) is 5.75 Å². The van der Waals surface area contributed by atoms with Gasteiger partial charge in [-0.25, -0.2) is 0 Å². The largest absolute Gasteiger partial charge is 0.512 e. The van der Waals surface area contributed by atoms with Crippen LogP contribution in [-0.4, -0.2) is 33.3 Å². The highest BCUT2D eigenvalue weighted by Gasteiger charge is 2.38. The molecule has 0 atom stereocenters. The molecule has 7 heteroatoms. The predicted molar refractivity (Wildman–Crippen MR) is 126 cm³/mol. The Morgan fingerprint density at radius 2 is 1.94 bits per heavy atom. The van der Waals surface area contributed by atoms with Gasteiger partial charge in [-0.3, -0.25) is 9.59 Å². The Labute approximate surface area is 188 Å². The van der Waals surface area contributed by atoms with E-state index in [1.54, 1.807) is 23.8 Å². The smallest absolute Gasteiger partial charge is 0.263 e. The molecular formula is C25H34N2O5. The van der Waals surface area contributed by atoms with Crippen molar-refractivity contribution in [2.24, 2.45) is 0 Å². The first-order valence-corrected chi connectivity index (χ1v) is 11.5. The van der Waals surface area contributed by atoms with Crippen molar-refractivity contribution in [1.29, 1.82) is 0 Å². The molecule has 32 heavy (non-hydrogen) atoms. The summed E-state index contributed by atoms with van der Waals surface area (Å²) in [6.07, 6.45) is 8.32. The summed E-state index contributed by atoms with van der Waals surface area (Å²) in [7, 11) is 1.58. The van der Waals surface area contributed by atoms with Crippen LogP contribution in [0.4, 0.5) is 0 Å². The molecule has 3 N–H and O–H groups in total. The van der Waals surface area contributed by atoms with Crippen LogP contribution in [0.2, 0.25) is 0 Å². The van der Waals surface area contributed by atoms with Gasteiger partial charge in [0.1, 0.15) is 23.1 Å². The van der Waals surface area contributed by atoms with Crippen LogP contribution >= 0.6 is 0 Å². The topological polar surface area (TPSA) is 101 Å². The molecule has 7 nitrogen and oxygen atoms in total. The van der Waals surface area contributed by atoms with Crippen molar-refractivity contribution in [2.75, 3.05) is 7.11 Å². The van der Waals surface area contributed by atoms with Crippen LogP contribution in [0.3, 0.4) is 0 Å². The standard InChI is InChI=1S/C25H34N2O5/c1-3-4-5-9-14-27-21-16-19(32-2)11-10-18(21)15-20(24(27)31)23(30)26-25(22(29)17-28)12-7-6-8-13-25/h10-11,15-17,28-29H,3-9,12-14H2,1-2H3,(H,26,30)/b22-17-. The second-order valence-corrected chi connectivity index (χ2v) is 8.61. The second kappa shape index (κ2) is 10.6. The zero-order chi connectivity index (χ0) is 23.1. The fourth-order valence-electron chi connectivity index (χ4n) is 4.57. The van der Waals surface area contributed by atoms with Crippen molar-refractivity contribution in [3.05, 3.63) is 52.2 Å². The van der Waals surface area contributed by atoms with Crippen molar-refractivity contribution in [1.82, 2.24) is 9.88 Å². The Hall–Kier alpha value is -2.96. The first-order chi connectivity index (χ1) is 15.5. The van der Waals surface area contributed by atoms with Crippen molar-refractivity contribution in [3.8, 4) is 5.75 Å². The van der Waals surface area contributed by atoms with E-state index in [1.807, 2.05) is 12.1 Å². The van der Waals surface area contributed by atoms with Crippen molar-refractivity contribution in [2.45, 2.75) is 76.8 Å². The number of aliphatic hydroxyl groups is 2. The number of carbonyl (C=O) groups is 1. The van der Waals surface area contributed by atoms with E-state index < -0.39 is 11.4 Å². The van der Waals surface area contributed by atoms with Gasteiger partial charge in [0.2, 0.25) is 0 Å². The molecule has 2 aromatic rings. The number of benzene rings is 1. The molecule has 1 aromatic carbocycles. The predicted octanol–water partition coefficient (Wildman–Crippen LogP) is 4.98. The Balaban J connectivity index is 2.02. The van der Waals surface area contributed by atoms with Crippen molar-refractivity contribution >= 4 is 16.8 Å². The fraction of sp³-hybridized carbons (Fsp3) is 0.520. The van der Waals surface area contributed by atoms with E-state index in [0.717, 1.165) is 55.8 Å². The van der Waals surface area contributed by atoms with Gasteiger partial charge in [-0.2, -0.15) is 0 Å². The summed E-state index contributed by atoms with van der Waals surface area (Å²) in [6, 6.07) is 7.07. The summed E-state index contributed by atoms with van der Waals surface area (Å²) in [5.74, 6) is -0.156. The average molecular weight is 443 g/mol. The molecule has 0 saturated heterocycles. The lowest BCUT2D eigenvalue weighted by atomic mass is 9.80. The number of aromatic nitrogens is 1. The fourth-order valence-corrected chi connectivity index (χ4v) is 4.57. The summed E-state index contributed by atoms with van der Waals surface area (Å²) < 4.78 is 6.99. The Bertz CT molecular complexity index is 1030. The molecule has 0 radical (unpaired) electrons. The third-order valence-electron chi connectivity index (χ3n) is 6.46. The number of pyridine rings is 1. The third-order valence-corrected chi connectivity index (χ3v) is 6.46. The van der Waals surface area contributed by atoms with E-state index in [0.29, 0.717) is 31.4 Å². The molecule has 1 amide bonds. The number of unbranched alkanes of at least 4 members (excludes halogenated alkanes) is 3. The van der Waals surface area contributed by atoms with Gasteiger partial charge in [0.15, 0.2) is 5.76 Å². The highest BCUT2D eigenvalue weighted by Crippen LogP contribution is 2.33. The highest BCUT2D eigenvalue weighted by atomic mass is 16.5. The lowest BCUT2D eigenvalue weighted by Crippen LogP contribution is -2.52. The molecule has 174 valence electrons. The van der Waals surface area contributed by atoms with Crippen LogP contribution in [0.25, 0.3) is 10.9 Å². The minimum absolute atomic E-state index is 0.0360. The van der Waals surface area contributed by atoms with Gasteiger partial charge in [-0.15, -0.1) is 0 Å². The van der Waals surface area contributed by atoms with Crippen LogP contribution in [0, 0.1) is 0 Å². The molecule has 3 rings (SSSR count). The van der Waals surface area contributed by atoms with E-state index in [9.17, 15) is 19.8 Å². The minimum atomic E-state index is -1.04. The SMILES string of the molecule is CCCCCCn1c(=O)c(C(=O)NC2(/C(O)=C/O)CCCCC2)cc2ccc(OC)cc21. The van der Waals surface area contributed by atoms with Gasteiger partial charge in [-0.1, -0.05) is 45.4 Å². The molecule has 0 aliphatic heterocycles. The van der Waals surface area contributed by atoms with Crippen LogP contribution in [-0.2, 0) is 6.54 Å². The molecule has 1 aliphatic carbocycles. The monoisotopic (exact) mass is 442 g/mol. The number of methoxy groups -OCH3 is 1. The zero-order valence-electron chi connectivity index (χ0n) is 19.0. The van der Waals surface area contributed by atoms with Crippen LogP contribution < -0.4 is 15.6 Å². The number of hydrogen-bond donors (Lipinski definition) is 3. The maximum atomic E-state index is 13.4. The Morgan fingerprint density at radius 3 is 2.59 bits per heavy atom. The first kappa shape index (κ1) is 23.7. The van der Waals surface area contributed by atoms with E-state index in [4.69, 9.17) is 4.74 Å². The van der Waals surface area contributed by atoms with Gasteiger partial charge in [0.05, 0.1) is 12.6 Å². The van der Waals surface area contributed by atoms with E-state index in [-0.39, 0.29) is 16.9 Å². The Morgan fingerprint density at radius 1 is 1.19 bits per heavy atom. The molecule has 1 aliphatic rings. The number of nitrogens with one attached hydrogen (secondary N) is 1. The van der Waals surface area contributed by atoms with Crippen molar-refractivity contribution < 1.29 is 19.7 Å². The minimum Gasteiger partial charge on any atom is -0.512 e. The van der Waals surface area contributed by atoms with Gasteiger partial charge in [0.25, 0.3) is 11.5 Å². The molecule has 0 unspecified atom stereocenters. The number of aryl methyl sites for hydroxylation is 1. The second-order valence-electron chi connectivity index (χ2n) is 8.61. The van der Waals surface area contributed by atoms with Gasteiger partial charge < -0.3 is 24.8 Å². The van der Waals surface area contributed by atoms with E-state index in [1.165, 1.54) is 0 Å². The number of rotatable bonds is 9. The number of carbonyl (C=O) groups excluding carboxylic acids is 1. The third kappa shape index (κ3) is 4.92. The quantitative estimate of drug-likeness (QED) is 0.376. The number of fused-ring (bicyclic) bond motifs is 1. The maximum Gasteiger partial charge on any atom is 0.263 e. The first-order valence-electron chi connectivity index (χ1n) is 11.5. The number of hydrogen-bond acceptors (Lipinski definition) is 5. The van der Waals surface area contributed by atoms with Gasteiger partial charge in [0, 0.05) is 12.6 Å². The summed E-state index contributed by atoms with van der Waals surface area (Å²) >= 11 is 0. The lowest BCUT2D eigenvalue weighted by Gasteiger charge is -2.37. The normalized spacial score (nSPS) is 16.1.